The molecule has 0 spiro atoms. The van der Waals surface area contributed by atoms with Crippen molar-refractivity contribution in [1.29, 1.82) is 0 Å². The highest BCUT2D eigenvalue weighted by atomic mass is 15.4. The standard InChI is InChI=1S/C27H58N/c1-8-15-18-25(12-5)22-28(21-11-4,23-26(13-6)19-16-9-2)24-27(14-7)20-17-10-3/h25-27H,8-24H2,1-7H3/q+1. The van der Waals surface area contributed by atoms with Gasteiger partial charge in [-0.25, -0.2) is 0 Å². The van der Waals surface area contributed by atoms with Crippen molar-refractivity contribution in [3.8, 4) is 0 Å². The van der Waals surface area contributed by atoms with Crippen LogP contribution >= 0.6 is 0 Å². The van der Waals surface area contributed by atoms with Gasteiger partial charge in [-0.15, -0.1) is 0 Å². The van der Waals surface area contributed by atoms with Crippen molar-refractivity contribution in [2.75, 3.05) is 26.2 Å². The minimum absolute atomic E-state index is 0.930. The van der Waals surface area contributed by atoms with Gasteiger partial charge in [0.2, 0.25) is 0 Å². The van der Waals surface area contributed by atoms with E-state index in [1.54, 1.807) is 0 Å². The van der Waals surface area contributed by atoms with Gasteiger partial charge in [-0.1, -0.05) is 87.0 Å². The lowest BCUT2D eigenvalue weighted by Gasteiger charge is -2.45. The molecule has 28 heavy (non-hydrogen) atoms. The second-order valence-corrected chi connectivity index (χ2v) is 9.86. The fourth-order valence-electron chi connectivity index (χ4n) is 5.37. The first kappa shape index (κ1) is 28.0. The average Bonchev–Trinajstić information content (AvgIpc) is 2.71. The summed E-state index contributed by atoms with van der Waals surface area (Å²) in [5, 5.41) is 0. The first-order chi connectivity index (χ1) is 13.5. The summed E-state index contributed by atoms with van der Waals surface area (Å²) < 4.78 is 1.43. The van der Waals surface area contributed by atoms with Crippen molar-refractivity contribution < 1.29 is 4.48 Å². The molecule has 1 nitrogen and oxygen atoms in total. The summed E-state index contributed by atoms with van der Waals surface area (Å²) in [7, 11) is 0. The SMILES string of the molecule is CCCCC(CC)C[N+](CCC)(CC(CC)CCCC)CC(CC)CCCC. The van der Waals surface area contributed by atoms with Crippen LogP contribution in [0.25, 0.3) is 0 Å². The molecule has 0 heterocycles. The smallest absolute Gasteiger partial charge is 0.0815 e. The summed E-state index contributed by atoms with van der Waals surface area (Å²) in [4.78, 5) is 0. The van der Waals surface area contributed by atoms with E-state index in [1.165, 1.54) is 114 Å². The van der Waals surface area contributed by atoms with Gasteiger partial charge in [0.1, 0.15) is 0 Å². The zero-order valence-electron chi connectivity index (χ0n) is 21.2. The Labute approximate surface area is 180 Å². The van der Waals surface area contributed by atoms with E-state index in [9.17, 15) is 0 Å². The van der Waals surface area contributed by atoms with Gasteiger partial charge in [-0.05, 0) is 44.9 Å². The largest absolute Gasteiger partial charge is 0.323 e. The zero-order chi connectivity index (χ0) is 21.3. The Morgan fingerprint density at radius 2 is 0.786 bits per heavy atom. The maximum Gasteiger partial charge on any atom is 0.0815 e. The lowest BCUT2D eigenvalue weighted by Crippen LogP contribution is -2.56. The van der Waals surface area contributed by atoms with Gasteiger partial charge in [0.25, 0.3) is 0 Å². The van der Waals surface area contributed by atoms with Crippen LogP contribution in [0.15, 0.2) is 0 Å². The zero-order valence-corrected chi connectivity index (χ0v) is 21.2. The molecule has 0 fully saturated rings. The predicted octanol–water partition coefficient (Wildman–Crippen LogP) is 8.86. The number of rotatable bonds is 20. The van der Waals surface area contributed by atoms with Gasteiger partial charge < -0.3 is 4.48 Å². The Balaban J connectivity index is 5.52. The summed E-state index contributed by atoms with van der Waals surface area (Å²) in [6.45, 7) is 22.6. The van der Waals surface area contributed by atoms with Gasteiger partial charge in [0.15, 0.2) is 0 Å². The number of hydrogen-bond acceptors (Lipinski definition) is 0. The molecule has 0 saturated heterocycles. The third-order valence-electron chi connectivity index (χ3n) is 7.26. The van der Waals surface area contributed by atoms with E-state index < -0.39 is 0 Å². The highest BCUT2D eigenvalue weighted by Crippen LogP contribution is 2.28. The number of unbranched alkanes of at least 4 members (excludes halogenated alkanes) is 3. The topological polar surface area (TPSA) is 0 Å². The molecule has 1 heteroatoms. The third-order valence-corrected chi connectivity index (χ3v) is 7.26. The molecule has 0 aliphatic carbocycles. The third kappa shape index (κ3) is 11.8. The molecule has 0 radical (unpaired) electrons. The van der Waals surface area contributed by atoms with Gasteiger partial charge in [-0.2, -0.15) is 0 Å². The summed E-state index contributed by atoms with van der Waals surface area (Å²) in [5.41, 5.74) is 0. The van der Waals surface area contributed by atoms with Gasteiger partial charge in [0.05, 0.1) is 26.2 Å². The Hall–Kier alpha value is -0.0400. The normalized spacial score (nSPS) is 17.2. The van der Waals surface area contributed by atoms with Crippen LogP contribution in [0.5, 0.6) is 0 Å². The summed E-state index contributed by atoms with van der Waals surface area (Å²) in [5.74, 6) is 2.79. The minimum Gasteiger partial charge on any atom is -0.323 e. The first-order valence-electron chi connectivity index (χ1n) is 13.4. The van der Waals surface area contributed by atoms with E-state index in [0.717, 1.165) is 17.8 Å². The molecule has 0 aromatic carbocycles. The van der Waals surface area contributed by atoms with Crippen molar-refractivity contribution in [3.63, 3.8) is 0 Å². The van der Waals surface area contributed by atoms with Crippen LogP contribution < -0.4 is 0 Å². The van der Waals surface area contributed by atoms with E-state index in [0.29, 0.717) is 0 Å². The van der Waals surface area contributed by atoms with Gasteiger partial charge >= 0.3 is 0 Å². The summed E-state index contributed by atoms with van der Waals surface area (Å²) in [6, 6.07) is 0. The molecule has 0 amide bonds. The molecule has 0 aliphatic heterocycles. The molecule has 0 rings (SSSR count). The molecule has 0 bridgehead atoms. The van der Waals surface area contributed by atoms with Crippen molar-refractivity contribution in [3.05, 3.63) is 0 Å². The molecule has 0 aromatic heterocycles. The predicted molar refractivity (Wildman–Crippen MR) is 130 cm³/mol. The molecule has 170 valence electrons. The van der Waals surface area contributed by atoms with Crippen molar-refractivity contribution in [2.24, 2.45) is 17.8 Å². The Morgan fingerprint density at radius 1 is 0.464 bits per heavy atom. The van der Waals surface area contributed by atoms with Crippen LogP contribution in [0.4, 0.5) is 0 Å². The van der Waals surface area contributed by atoms with Crippen LogP contribution in [0.1, 0.15) is 132 Å². The molecular weight excluding hydrogens is 338 g/mol. The van der Waals surface area contributed by atoms with Crippen LogP contribution in [0, 0.1) is 17.8 Å². The number of hydrogen-bond donors (Lipinski definition) is 0. The van der Waals surface area contributed by atoms with E-state index in [4.69, 9.17) is 0 Å². The van der Waals surface area contributed by atoms with Crippen molar-refractivity contribution in [2.45, 2.75) is 132 Å². The Bertz CT molecular complexity index is 279. The first-order valence-corrected chi connectivity index (χ1v) is 13.4. The van der Waals surface area contributed by atoms with E-state index in [-0.39, 0.29) is 0 Å². The maximum atomic E-state index is 2.45. The Morgan fingerprint density at radius 3 is 1.00 bits per heavy atom. The van der Waals surface area contributed by atoms with Crippen LogP contribution in [0.3, 0.4) is 0 Å². The number of nitrogens with zero attached hydrogens (tertiary/aromatic N) is 1. The van der Waals surface area contributed by atoms with E-state index >= 15 is 0 Å². The number of quaternary nitrogens is 1. The fraction of sp³-hybridized carbons (Fsp3) is 1.00. The minimum atomic E-state index is 0.930. The quantitative estimate of drug-likeness (QED) is 0.180. The molecule has 0 aromatic rings. The van der Waals surface area contributed by atoms with Crippen molar-refractivity contribution in [1.82, 2.24) is 0 Å². The van der Waals surface area contributed by atoms with Crippen LogP contribution in [-0.2, 0) is 0 Å². The molecular formula is C27H58N+. The molecule has 3 atom stereocenters. The highest BCUT2D eigenvalue weighted by molar-refractivity contribution is 4.66. The fourth-order valence-corrected chi connectivity index (χ4v) is 5.37. The van der Waals surface area contributed by atoms with E-state index in [2.05, 4.69) is 48.5 Å². The molecule has 3 unspecified atom stereocenters. The molecule has 0 N–H and O–H groups in total. The lowest BCUT2D eigenvalue weighted by atomic mass is 9.90. The second-order valence-electron chi connectivity index (χ2n) is 9.86. The van der Waals surface area contributed by atoms with Crippen molar-refractivity contribution >= 4 is 0 Å². The Kier molecular flexibility index (Phi) is 17.8. The monoisotopic (exact) mass is 396 g/mol. The van der Waals surface area contributed by atoms with Gasteiger partial charge in [0, 0.05) is 17.8 Å². The molecule has 0 saturated carbocycles. The van der Waals surface area contributed by atoms with Gasteiger partial charge in [-0.3, -0.25) is 0 Å². The van der Waals surface area contributed by atoms with Crippen LogP contribution in [-0.4, -0.2) is 30.7 Å². The van der Waals surface area contributed by atoms with E-state index in [1.807, 2.05) is 0 Å². The maximum absolute atomic E-state index is 2.45. The summed E-state index contributed by atoms with van der Waals surface area (Å²) >= 11 is 0. The highest BCUT2D eigenvalue weighted by Gasteiger charge is 2.34. The lowest BCUT2D eigenvalue weighted by molar-refractivity contribution is -0.937. The average molecular weight is 397 g/mol. The summed E-state index contributed by atoms with van der Waals surface area (Å²) in [6.07, 6.45) is 18.2. The second kappa shape index (κ2) is 17.8. The van der Waals surface area contributed by atoms with Crippen LogP contribution in [0.2, 0.25) is 0 Å². The molecule has 0 aliphatic rings.